The van der Waals surface area contributed by atoms with Gasteiger partial charge in [0.25, 0.3) is 11.9 Å². The van der Waals surface area contributed by atoms with Gasteiger partial charge in [-0.05, 0) is 18.6 Å². The van der Waals surface area contributed by atoms with Crippen molar-refractivity contribution in [2.45, 2.75) is 19.8 Å². The second-order valence-corrected chi connectivity index (χ2v) is 3.81. The van der Waals surface area contributed by atoms with Crippen LogP contribution in [0, 0.1) is 0 Å². The van der Waals surface area contributed by atoms with E-state index < -0.39 is 0 Å². The molecule has 0 radical (unpaired) electrons. The molecule has 0 aliphatic rings. The zero-order valence-electron chi connectivity index (χ0n) is 11.3. The number of amides is 1. The summed E-state index contributed by atoms with van der Waals surface area (Å²) in [6.07, 6.45) is 3.41. The lowest BCUT2D eigenvalue weighted by molar-refractivity contribution is 0.0927. The van der Waals surface area contributed by atoms with Gasteiger partial charge in [0, 0.05) is 13.7 Å². The van der Waals surface area contributed by atoms with Crippen molar-refractivity contribution < 1.29 is 18.7 Å². The molecule has 1 aromatic rings. The third-order valence-corrected chi connectivity index (χ3v) is 2.26. The molecule has 0 spiro atoms. The number of carbonyl (C=O) groups excluding carboxylic acids is 1. The van der Waals surface area contributed by atoms with E-state index >= 15 is 0 Å². The summed E-state index contributed by atoms with van der Waals surface area (Å²) in [4.78, 5) is 16.0. The van der Waals surface area contributed by atoms with Gasteiger partial charge in [0.2, 0.25) is 0 Å². The Bertz CT molecular complexity index is 387. The van der Waals surface area contributed by atoms with E-state index in [1.165, 1.54) is 6.26 Å². The number of nitrogens with one attached hydrogen (secondary N) is 1. The van der Waals surface area contributed by atoms with Crippen molar-refractivity contribution in [1.29, 1.82) is 0 Å². The van der Waals surface area contributed by atoms with Gasteiger partial charge in [-0.1, -0.05) is 13.3 Å². The van der Waals surface area contributed by atoms with E-state index in [0.29, 0.717) is 19.8 Å². The van der Waals surface area contributed by atoms with Gasteiger partial charge in [-0.25, -0.2) is 4.99 Å². The van der Waals surface area contributed by atoms with Gasteiger partial charge in [-0.2, -0.15) is 0 Å². The number of furan rings is 1. The number of aliphatic imine (C=N–C) groups is 1. The van der Waals surface area contributed by atoms with Gasteiger partial charge in [-0.15, -0.1) is 0 Å². The number of nitrogens with zero attached hydrogens (tertiary/aromatic N) is 1. The number of rotatable bonds is 7. The van der Waals surface area contributed by atoms with Crippen molar-refractivity contribution >= 4 is 11.9 Å². The highest BCUT2D eigenvalue weighted by Gasteiger charge is 2.12. The van der Waals surface area contributed by atoms with E-state index in [1.807, 2.05) is 0 Å². The molecule has 6 heteroatoms. The Labute approximate surface area is 112 Å². The fourth-order valence-corrected chi connectivity index (χ4v) is 1.25. The molecule has 0 bridgehead atoms. The molecule has 1 amide bonds. The Morgan fingerprint density at radius 3 is 2.95 bits per heavy atom. The molecule has 6 nitrogen and oxygen atoms in total. The van der Waals surface area contributed by atoms with Crippen LogP contribution in [0.3, 0.4) is 0 Å². The molecule has 19 heavy (non-hydrogen) atoms. The van der Waals surface area contributed by atoms with Crippen LogP contribution in [0.4, 0.5) is 0 Å². The molecule has 1 aromatic heterocycles. The van der Waals surface area contributed by atoms with Crippen molar-refractivity contribution in [3.05, 3.63) is 24.2 Å². The lowest BCUT2D eigenvalue weighted by atomic mass is 10.3. The number of methoxy groups -OCH3 is 1. The predicted octanol–water partition coefficient (Wildman–Crippen LogP) is 1.83. The molecule has 0 unspecified atom stereocenters. The van der Waals surface area contributed by atoms with Crippen LogP contribution in [0.1, 0.15) is 30.3 Å². The fraction of sp³-hybridized carbons (Fsp3) is 0.538. The molecule has 1 heterocycles. The van der Waals surface area contributed by atoms with E-state index in [2.05, 4.69) is 17.2 Å². The van der Waals surface area contributed by atoms with Gasteiger partial charge in [0.1, 0.15) is 6.61 Å². The molecule has 0 atom stereocenters. The lowest BCUT2D eigenvalue weighted by Gasteiger charge is -2.09. The van der Waals surface area contributed by atoms with E-state index in [0.717, 1.165) is 12.8 Å². The number of unbranched alkanes of at least 4 members (excludes halogenated alkanes) is 1. The second-order valence-electron chi connectivity index (χ2n) is 3.81. The molecule has 106 valence electrons. The lowest BCUT2D eigenvalue weighted by Crippen LogP contribution is -2.33. The molecular weight excluding hydrogens is 248 g/mol. The minimum Gasteiger partial charge on any atom is -0.463 e. The largest absolute Gasteiger partial charge is 0.463 e. The highest BCUT2D eigenvalue weighted by Crippen LogP contribution is 1.99. The van der Waals surface area contributed by atoms with Crippen LogP contribution < -0.4 is 5.32 Å². The van der Waals surface area contributed by atoms with E-state index in [9.17, 15) is 4.79 Å². The van der Waals surface area contributed by atoms with Crippen molar-refractivity contribution in [1.82, 2.24) is 5.32 Å². The zero-order chi connectivity index (χ0) is 13.9. The number of ether oxygens (including phenoxy) is 2. The van der Waals surface area contributed by atoms with Crippen molar-refractivity contribution in [2.24, 2.45) is 4.99 Å². The number of amidine groups is 1. The van der Waals surface area contributed by atoms with Gasteiger partial charge in [-0.3, -0.25) is 10.1 Å². The maximum absolute atomic E-state index is 11.8. The molecule has 0 saturated carbocycles. The summed E-state index contributed by atoms with van der Waals surface area (Å²) in [6.45, 7) is 3.45. The Balaban J connectivity index is 2.52. The zero-order valence-corrected chi connectivity index (χ0v) is 11.3. The van der Waals surface area contributed by atoms with Crippen LogP contribution in [-0.4, -0.2) is 38.8 Å². The number of hydrogen-bond donors (Lipinski definition) is 1. The molecular formula is C13H20N2O4. The average molecular weight is 268 g/mol. The molecule has 0 aliphatic heterocycles. The van der Waals surface area contributed by atoms with E-state index in [4.69, 9.17) is 13.9 Å². The first-order valence-corrected chi connectivity index (χ1v) is 6.29. The molecule has 1 rings (SSSR count). The summed E-state index contributed by atoms with van der Waals surface area (Å²) in [5.41, 5.74) is 0. The third-order valence-electron chi connectivity index (χ3n) is 2.26. The van der Waals surface area contributed by atoms with Crippen LogP contribution in [0.5, 0.6) is 0 Å². The smallest absolute Gasteiger partial charge is 0.294 e. The highest BCUT2D eigenvalue weighted by atomic mass is 16.5. The summed E-state index contributed by atoms with van der Waals surface area (Å²) in [7, 11) is 1.58. The minimum absolute atomic E-state index is 0.201. The summed E-state index contributed by atoms with van der Waals surface area (Å²) in [5.74, 6) is -0.156. The minimum atomic E-state index is -0.377. The topological polar surface area (TPSA) is 73.1 Å². The molecule has 0 saturated heterocycles. The average Bonchev–Trinajstić information content (AvgIpc) is 2.93. The Morgan fingerprint density at radius 2 is 2.32 bits per heavy atom. The number of hydrogen-bond acceptors (Lipinski definition) is 5. The fourth-order valence-electron chi connectivity index (χ4n) is 1.25. The molecule has 0 fully saturated rings. The Hall–Kier alpha value is -1.82. The first kappa shape index (κ1) is 15.2. The molecule has 0 aliphatic carbocycles. The maximum Gasteiger partial charge on any atom is 0.294 e. The first-order chi connectivity index (χ1) is 9.27. The summed E-state index contributed by atoms with van der Waals surface area (Å²) in [6, 6.07) is 3.43. The maximum atomic E-state index is 11.8. The van der Waals surface area contributed by atoms with Crippen LogP contribution in [0.25, 0.3) is 0 Å². The van der Waals surface area contributed by atoms with Crippen molar-refractivity contribution in [3.63, 3.8) is 0 Å². The first-order valence-electron chi connectivity index (χ1n) is 6.29. The van der Waals surface area contributed by atoms with E-state index in [1.54, 1.807) is 19.2 Å². The monoisotopic (exact) mass is 268 g/mol. The Kier molecular flexibility index (Phi) is 7.34. The van der Waals surface area contributed by atoms with Gasteiger partial charge in [0.15, 0.2) is 5.76 Å². The van der Waals surface area contributed by atoms with Crippen molar-refractivity contribution in [2.75, 3.05) is 26.9 Å². The normalized spacial score (nSPS) is 11.4. The molecule has 0 aromatic carbocycles. The highest BCUT2D eigenvalue weighted by molar-refractivity contribution is 6.02. The van der Waals surface area contributed by atoms with Crippen LogP contribution in [-0.2, 0) is 9.47 Å². The van der Waals surface area contributed by atoms with Gasteiger partial charge in [0.05, 0.1) is 12.9 Å². The Morgan fingerprint density at radius 1 is 1.47 bits per heavy atom. The van der Waals surface area contributed by atoms with Crippen molar-refractivity contribution in [3.8, 4) is 0 Å². The summed E-state index contributed by atoms with van der Waals surface area (Å²) in [5, 5.41) is 2.58. The van der Waals surface area contributed by atoms with Gasteiger partial charge >= 0.3 is 0 Å². The van der Waals surface area contributed by atoms with Gasteiger partial charge < -0.3 is 13.9 Å². The number of carbonyl (C=O) groups is 1. The van der Waals surface area contributed by atoms with Crippen LogP contribution in [0.15, 0.2) is 27.8 Å². The van der Waals surface area contributed by atoms with E-state index in [-0.39, 0.29) is 17.7 Å². The van der Waals surface area contributed by atoms with Crippen LogP contribution in [0.2, 0.25) is 0 Å². The quantitative estimate of drug-likeness (QED) is 0.465. The molecule has 1 N–H and O–H groups in total. The second kappa shape index (κ2) is 9.16. The predicted molar refractivity (Wildman–Crippen MR) is 71.2 cm³/mol. The third kappa shape index (κ3) is 6.05. The van der Waals surface area contributed by atoms with Crippen LogP contribution >= 0.6 is 0 Å². The summed E-state index contributed by atoms with van der Waals surface area (Å²) < 4.78 is 15.2. The standard InChI is InChI=1S/C13H20N2O4/c1-3-4-7-14-13(19-10-9-17-2)15-12(16)11-6-5-8-18-11/h5-6,8H,3-4,7,9-10H2,1-2H3,(H,14,15,16). The summed E-state index contributed by atoms with van der Waals surface area (Å²) >= 11 is 0. The SMILES string of the molecule is CCCCN=C(NC(=O)c1ccco1)OCCOC.